The van der Waals surface area contributed by atoms with Crippen LogP contribution < -0.4 is 0 Å². The number of carboxylic acids is 1. The molecule has 0 amide bonds. The molecule has 1 saturated heterocycles. The maximum absolute atomic E-state index is 11.6. The lowest BCUT2D eigenvalue weighted by molar-refractivity contribution is -0.159. The zero-order valence-electron chi connectivity index (χ0n) is 11.5. The molecule has 0 aliphatic carbocycles. The van der Waals surface area contributed by atoms with Crippen LogP contribution in [0.1, 0.15) is 24.2 Å². The maximum Gasteiger partial charge on any atom is 0.313 e. The summed E-state index contributed by atoms with van der Waals surface area (Å²) in [5.41, 5.74) is 0.324. The number of hydrogen-bond donors (Lipinski definition) is 1. The standard InChI is InChI=1S/C14H21NO4/c1-11-12(4-7-19-11)8-15(2)9-14(13(16)17)5-3-6-18-10-14/h4,7H,3,5-6,8-10H2,1-2H3,(H,16,17). The Morgan fingerprint density at radius 2 is 2.37 bits per heavy atom. The molecule has 1 aromatic rings. The second-order valence-electron chi connectivity index (χ2n) is 5.42. The first-order chi connectivity index (χ1) is 9.03. The fraction of sp³-hybridized carbons (Fsp3) is 0.643. The van der Waals surface area contributed by atoms with Gasteiger partial charge in [-0.25, -0.2) is 0 Å². The lowest BCUT2D eigenvalue weighted by atomic mass is 9.82. The first-order valence-electron chi connectivity index (χ1n) is 6.56. The number of furan rings is 1. The molecule has 19 heavy (non-hydrogen) atoms. The molecule has 1 atom stereocenters. The molecule has 0 radical (unpaired) electrons. The summed E-state index contributed by atoms with van der Waals surface area (Å²) in [6, 6.07) is 1.93. The van der Waals surface area contributed by atoms with Crippen LogP contribution in [0.25, 0.3) is 0 Å². The quantitative estimate of drug-likeness (QED) is 0.882. The number of aryl methyl sites for hydroxylation is 1. The van der Waals surface area contributed by atoms with E-state index in [4.69, 9.17) is 9.15 Å². The van der Waals surface area contributed by atoms with Crippen molar-refractivity contribution in [1.29, 1.82) is 0 Å². The predicted molar refractivity (Wildman–Crippen MR) is 69.9 cm³/mol. The highest BCUT2D eigenvalue weighted by Crippen LogP contribution is 2.30. The van der Waals surface area contributed by atoms with E-state index in [-0.39, 0.29) is 0 Å². The third kappa shape index (κ3) is 3.16. The smallest absolute Gasteiger partial charge is 0.313 e. The Morgan fingerprint density at radius 1 is 1.58 bits per heavy atom. The zero-order chi connectivity index (χ0) is 13.9. The first-order valence-corrected chi connectivity index (χ1v) is 6.56. The summed E-state index contributed by atoms with van der Waals surface area (Å²) in [5.74, 6) is 0.124. The van der Waals surface area contributed by atoms with E-state index in [9.17, 15) is 9.90 Å². The molecular weight excluding hydrogens is 246 g/mol. The van der Waals surface area contributed by atoms with Gasteiger partial charge in [0.2, 0.25) is 0 Å². The minimum Gasteiger partial charge on any atom is -0.481 e. The number of nitrogens with zero attached hydrogens (tertiary/aromatic N) is 1. The summed E-state index contributed by atoms with van der Waals surface area (Å²) >= 11 is 0. The molecule has 1 N–H and O–H groups in total. The predicted octanol–water partition coefficient (Wildman–Crippen LogP) is 1.90. The molecule has 1 unspecified atom stereocenters. The molecule has 1 aliphatic rings. The van der Waals surface area contributed by atoms with Crippen LogP contribution in [0.5, 0.6) is 0 Å². The molecule has 0 saturated carbocycles. The summed E-state index contributed by atoms with van der Waals surface area (Å²) in [6.45, 7) is 4.07. The average molecular weight is 267 g/mol. The molecule has 106 valence electrons. The summed E-state index contributed by atoms with van der Waals surface area (Å²) in [7, 11) is 1.94. The van der Waals surface area contributed by atoms with Crippen molar-refractivity contribution in [2.45, 2.75) is 26.3 Å². The molecule has 0 bridgehead atoms. The Bertz CT molecular complexity index is 434. The highest BCUT2D eigenvalue weighted by Gasteiger charge is 2.41. The van der Waals surface area contributed by atoms with Gasteiger partial charge < -0.3 is 19.2 Å². The molecule has 0 aromatic carbocycles. The molecule has 1 aromatic heterocycles. The SMILES string of the molecule is Cc1occc1CN(C)CC1(C(=O)O)CCCOC1. The van der Waals surface area contributed by atoms with Gasteiger partial charge >= 0.3 is 5.97 Å². The van der Waals surface area contributed by atoms with Crippen LogP contribution in [-0.2, 0) is 16.1 Å². The molecule has 2 heterocycles. The van der Waals surface area contributed by atoms with E-state index in [1.165, 1.54) is 0 Å². The lowest BCUT2D eigenvalue weighted by Gasteiger charge is -2.36. The van der Waals surface area contributed by atoms with Crippen molar-refractivity contribution in [3.63, 3.8) is 0 Å². The van der Waals surface area contributed by atoms with Gasteiger partial charge in [-0.2, -0.15) is 0 Å². The van der Waals surface area contributed by atoms with Crippen LogP contribution in [-0.4, -0.2) is 42.8 Å². The average Bonchev–Trinajstić information content (AvgIpc) is 2.76. The van der Waals surface area contributed by atoms with E-state index in [2.05, 4.69) is 0 Å². The van der Waals surface area contributed by atoms with Crippen LogP contribution >= 0.6 is 0 Å². The van der Waals surface area contributed by atoms with Crippen LogP contribution in [0.3, 0.4) is 0 Å². The summed E-state index contributed by atoms with van der Waals surface area (Å²) in [6.07, 6.45) is 3.15. The van der Waals surface area contributed by atoms with Gasteiger partial charge in [-0.05, 0) is 32.9 Å². The number of rotatable bonds is 5. The summed E-state index contributed by atoms with van der Waals surface area (Å²) in [4.78, 5) is 13.6. The normalized spacial score (nSPS) is 23.7. The molecule has 5 nitrogen and oxygen atoms in total. The van der Waals surface area contributed by atoms with Gasteiger partial charge in [0.25, 0.3) is 0 Å². The Kier molecular flexibility index (Phi) is 4.27. The Balaban J connectivity index is 2.01. The number of ether oxygens (including phenoxy) is 1. The molecule has 1 fully saturated rings. The van der Waals surface area contributed by atoms with Crippen molar-refractivity contribution in [3.05, 3.63) is 23.7 Å². The van der Waals surface area contributed by atoms with Gasteiger partial charge in [-0.3, -0.25) is 4.79 Å². The Morgan fingerprint density at radius 3 is 2.89 bits per heavy atom. The zero-order valence-corrected chi connectivity index (χ0v) is 11.5. The van der Waals surface area contributed by atoms with Gasteiger partial charge in [0.1, 0.15) is 11.2 Å². The number of aliphatic carboxylic acids is 1. The summed E-state index contributed by atoms with van der Waals surface area (Å²) < 4.78 is 10.6. The number of carbonyl (C=O) groups is 1. The van der Waals surface area contributed by atoms with Gasteiger partial charge in [0.05, 0.1) is 12.9 Å². The van der Waals surface area contributed by atoms with Crippen LogP contribution in [0, 0.1) is 12.3 Å². The highest BCUT2D eigenvalue weighted by atomic mass is 16.5. The van der Waals surface area contributed by atoms with Crippen molar-refractivity contribution in [2.24, 2.45) is 5.41 Å². The van der Waals surface area contributed by atoms with Crippen LogP contribution in [0.15, 0.2) is 16.7 Å². The first kappa shape index (κ1) is 14.1. The van der Waals surface area contributed by atoms with E-state index in [1.807, 2.05) is 24.9 Å². The topological polar surface area (TPSA) is 62.9 Å². The Labute approximate surface area is 113 Å². The molecule has 1 aliphatic heterocycles. The fourth-order valence-corrected chi connectivity index (χ4v) is 2.65. The van der Waals surface area contributed by atoms with E-state index in [0.29, 0.717) is 32.7 Å². The maximum atomic E-state index is 11.6. The molecule has 0 spiro atoms. The van der Waals surface area contributed by atoms with Gasteiger partial charge in [-0.15, -0.1) is 0 Å². The second-order valence-corrected chi connectivity index (χ2v) is 5.42. The number of carboxylic acid groups (broad SMARTS) is 1. The Hall–Kier alpha value is -1.33. The largest absolute Gasteiger partial charge is 0.481 e. The van der Waals surface area contributed by atoms with E-state index in [0.717, 1.165) is 17.7 Å². The molecule has 5 heteroatoms. The van der Waals surface area contributed by atoms with E-state index < -0.39 is 11.4 Å². The fourth-order valence-electron chi connectivity index (χ4n) is 2.65. The minimum absolute atomic E-state index is 0.303. The third-order valence-electron chi connectivity index (χ3n) is 3.76. The second kappa shape index (κ2) is 5.75. The van der Waals surface area contributed by atoms with Crippen molar-refractivity contribution < 1.29 is 19.1 Å². The number of hydrogen-bond acceptors (Lipinski definition) is 4. The lowest BCUT2D eigenvalue weighted by Crippen LogP contribution is -2.47. The monoisotopic (exact) mass is 267 g/mol. The van der Waals surface area contributed by atoms with Gasteiger partial charge in [0, 0.05) is 25.3 Å². The summed E-state index contributed by atoms with van der Waals surface area (Å²) in [5, 5.41) is 9.49. The van der Waals surface area contributed by atoms with E-state index in [1.54, 1.807) is 6.26 Å². The minimum atomic E-state index is -0.773. The van der Waals surface area contributed by atoms with Crippen LogP contribution in [0.4, 0.5) is 0 Å². The van der Waals surface area contributed by atoms with E-state index >= 15 is 0 Å². The van der Waals surface area contributed by atoms with Gasteiger partial charge in [-0.1, -0.05) is 0 Å². The molecular formula is C14H21NO4. The highest BCUT2D eigenvalue weighted by molar-refractivity contribution is 5.75. The molecule has 2 rings (SSSR count). The third-order valence-corrected chi connectivity index (χ3v) is 3.76. The van der Waals surface area contributed by atoms with Crippen molar-refractivity contribution in [2.75, 3.05) is 26.8 Å². The van der Waals surface area contributed by atoms with Gasteiger partial charge in [0.15, 0.2) is 0 Å². The van der Waals surface area contributed by atoms with Crippen LogP contribution in [0.2, 0.25) is 0 Å². The van der Waals surface area contributed by atoms with Crippen molar-refractivity contribution in [3.8, 4) is 0 Å². The van der Waals surface area contributed by atoms with Crippen molar-refractivity contribution in [1.82, 2.24) is 4.90 Å². The van der Waals surface area contributed by atoms with Crippen molar-refractivity contribution >= 4 is 5.97 Å².